The van der Waals surface area contributed by atoms with Gasteiger partial charge in [0.05, 0.1) is 18.2 Å². The van der Waals surface area contributed by atoms with Gasteiger partial charge in [-0.25, -0.2) is 9.59 Å². The number of ether oxygens (including phenoxy) is 3. The van der Waals surface area contributed by atoms with E-state index in [1.54, 1.807) is 12.1 Å². The summed E-state index contributed by atoms with van der Waals surface area (Å²) in [6, 6.07) is 14.3. The zero-order chi connectivity index (χ0) is 19.2. The fourth-order valence-electron chi connectivity index (χ4n) is 2.44. The number of esters is 1. The molecule has 0 amide bonds. The van der Waals surface area contributed by atoms with E-state index >= 15 is 0 Å². The van der Waals surface area contributed by atoms with Gasteiger partial charge in [-0.15, -0.1) is 0 Å². The van der Waals surface area contributed by atoms with Crippen LogP contribution in [-0.2, 0) is 6.61 Å². The number of nitrogens with one attached hydrogen (secondary N) is 1. The van der Waals surface area contributed by atoms with Crippen LogP contribution in [0.3, 0.4) is 0 Å². The van der Waals surface area contributed by atoms with Crippen molar-refractivity contribution in [3.63, 3.8) is 0 Å². The maximum atomic E-state index is 12.2. The monoisotopic (exact) mass is 367 g/mol. The standard InChI is InChI=1S/C20H17NO6/c1-25-18-9-14(27-20(24)16-11-21-10-15(16)19(22)23)7-8-17(18)26-12-13-5-3-2-4-6-13/h2-11,21H,12H2,1H3,(H,22,23). The molecule has 1 aromatic heterocycles. The first-order chi connectivity index (χ1) is 13.1. The van der Waals surface area contributed by atoms with Crippen LogP contribution in [0.1, 0.15) is 26.3 Å². The van der Waals surface area contributed by atoms with Gasteiger partial charge in [-0.1, -0.05) is 30.3 Å². The normalized spacial score (nSPS) is 10.3. The summed E-state index contributed by atoms with van der Waals surface area (Å²) in [7, 11) is 1.48. The summed E-state index contributed by atoms with van der Waals surface area (Å²) < 4.78 is 16.3. The number of H-pyrrole nitrogens is 1. The number of hydrogen-bond acceptors (Lipinski definition) is 5. The second-order valence-electron chi connectivity index (χ2n) is 5.56. The zero-order valence-electron chi connectivity index (χ0n) is 14.5. The van der Waals surface area contributed by atoms with Crippen LogP contribution in [-0.4, -0.2) is 29.1 Å². The molecular weight excluding hydrogens is 350 g/mol. The molecule has 0 aliphatic rings. The van der Waals surface area contributed by atoms with Crippen molar-refractivity contribution in [2.75, 3.05) is 7.11 Å². The average Bonchev–Trinajstić information content (AvgIpc) is 3.18. The predicted octanol–water partition coefficient (Wildman–Crippen LogP) is 3.52. The lowest BCUT2D eigenvalue weighted by Gasteiger charge is -2.12. The third-order valence-corrected chi connectivity index (χ3v) is 3.78. The summed E-state index contributed by atoms with van der Waals surface area (Å²) in [5.74, 6) is -0.904. The number of carboxylic acids is 1. The van der Waals surface area contributed by atoms with E-state index in [0.29, 0.717) is 18.1 Å². The first-order valence-electron chi connectivity index (χ1n) is 8.05. The molecule has 138 valence electrons. The lowest BCUT2D eigenvalue weighted by molar-refractivity contribution is 0.0669. The number of carbonyl (C=O) groups is 2. The number of rotatable bonds is 7. The highest BCUT2D eigenvalue weighted by molar-refractivity contribution is 6.03. The minimum Gasteiger partial charge on any atom is -0.493 e. The van der Waals surface area contributed by atoms with Crippen LogP contribution in [0, 0.1) is 0 Å². The Kier molecular flexibility index (Phi) is 5.41. The molecule has 0 fully saturated rings. The van der Waals surface area contributed by atoms with E-state index in [9.17, 15) is 9.59 Å². The number of aromatic nitrogens is 1. The minimum atomic E-state index is -1.22. The number of methoxy groups -OCH3 is 1. The Morgan fingerprint density at radius 1 is 1.00 bits per heavy atom. The van der Waals surface area contributed by atoms with Crippen LogP contribution < -0.4 is 14.2 Å². The molecule has 0 unspecified atom stereocenters. The summed E-state index contributed by atoms with van der Waals surface area (Å²) in [5, 5.41) is 9.08. The molecule has 0 bridgehead atoms. The fraction of sp³-hybridized carbons (Fsp3) is 0.100. The zero-order valence-corrected chi connectivity index (χ0v) is 14.5. The highest BCUT2D eigenvalue weighted by atomic mass is 16.5. The van der Waals surface area contributed by atoms with Gasteiger partial charge in [-0.3, -0.25) is 0 Å². The number of benzene rings is 2. The van der Waals surface area contributed by atoms with Crippen molar-refractivity contribution in [2.45, 2.75) is 6.61 Å². The third kappa shape index (κ3) is 4.27. The van der Waals surface area contributed by atoms with E-state index in [1.165, 1.54) is 25.6 Å². The minimum absolute atomic E-state index is 0.0640. The van der Waals surface area contributed by atoms with E-state index in [1.807, 2.05) is 30.3 Å². The third-order valence-electron chi connectivity index (χ3n) is 3.78. The van der Waals surface area contributed by atoms with Gasteiger partial charge >= 0.3 is 11.9 Å². The van der Waals surface area contributed by atoms with E-state index < -0.39 is 11.9 Å². The van der Waals surface area contributed by atoms with Gasteiger partial charge < -0.3 is 24.3 Å². The molecule has 0 spiro atoms. The SMILES string of the molecule is COc1cc(OC(=O)c2c[nH]cc2C(=O)O)ccc1OCc1ccccc1. The molecule has 0 saturated heterocycles. The van der Waals surface area contributed by atoms with Crippen LogP contribution in [0.5, 0.6) is 17.2 Å². The molecular formula is C20H17NO6. The molecule has 2 N–H and O–H groups in total. The Morgan fingerprint density at radius 2 is 1.74 bits per heavy atom. The molecule has 0 saturated carbocycles. The van der Waals surface area contributed by atoms with Crippen molar-refractivity contribution in [3.05, 3.63) is 77.6 Å². The smallest absolute Gasteiger partial charge is 0.345 e. The topological polar surface area (TPSA) is 97.9 Å². The summed E-state index contributed by atoms with van der Waals surface area (Å²) >= 11 is 0. The summed E-state index contributed by atoms with van der Waals surface area (Å²) in [6.45, 7) is 0.363. The van der Waals surface area contributed by atoms with Gasteiger partial charge in [0.2, 0.25) is 0 Å². The van der Waals surface area contributed by atoms with Gasteiger partial charge in [0.1, 0.15) is 12.4 Å². The van der Waals surface area contributed by atoms with Crippen molar-refractivity contribution in [2.24, 2.45) is 0 Å². The number of aromatic carboxylic acids is 1. The molecule has 0 radical (unpaired) electrons. The summed E-state index contributed by atoms with van der Waals surface area (Å²) in [5.41, 5.74) is 0.782. The van der Waals surface area contributed by atoms with Gasteiger partial charge in [-0.05, 0) is 17.7 Å². The molecule has 27 heavy (non-hydrogen) atoms. The maximum Gasteiger partial charge on any atom is 0.345 e. The number of carbonyl (C=O) groups excluding carboxylic acids is 1. The molecule has 7 heteroatoms. The Labute approximate surface area is 155 Å². The highest BCUT2D eigenvalue weighted by Crippen LogP contribution is 2.32. The molecule has 2 aromatic carbocycles. The van der Waals surface area contributed by atoms with Crippen molar-refractivity contribution in [3.8, 4) is 17.2 Å². The van der Waals surface area contributed by atoms with E-state index in [0.717, 1.165) is 5.56 Å². The van der Waals surface area contributed by atoms with Crippen LogP contribution in [0.2, 0.25) is 0 Å². The second kappa shape index (κ2) is 8.09. The van der Waals surface area contributed by atoms with Crippen LogP contribution in [0.4, 0.5) is 0 Å². The fourth-order valence-corrected chi connectivity index (χ4v) is 2.44. The first kappa shape index (κ1) is 18.1. The average molecular weight is 367 g/mol. The second-order valence-corrected chi connectivity index (χ2v) is 5.56. The summed E-state index contributed by atoms with van der Waals surface area (Å²) in [6.07, 6.45) is 2.50. The molecule has 7 nitrogen and oxygen atoms in total. The summed E-state index contributed by atoms with van der Waals surface area (Å²) in [4.78, 5) is 25.9. The molecule has 1 heterocycles. The van der Waals surface area contributed by atoms with Crippen molar-refractivity contribution >= 4 is 11.9 Å². The highest BCUT2D eigenvalue weighted by Gasteiger charge is 2.20. The van der Waals surface area contributed by atoms with Gasteiger partial charge in [0.25, 0.3) is 0 Å². The Morgan fingerprint density at radius 3 is 2.44 bits per heavy atom. The quantitative estimate of drug-likeness (QED) is 0.490. The molecule has 0 aliphatic heterocycles. The predicted molar refractivity (Wildman–Crippen MR) is 96.5 cm³/mol. The molecule has 3 aromatic rings. The largest absolute Gasteiger partial charge is 0.493 e. The molecule has 0 atom stereocenters. The number of hydrogen-bond donors (Lipinski definition) is 2. The number of aromatic amines is 1. The number of carboxylic acid groups (broad SMARTS) is 1. The lowest BCUT2D eigenvalue weighted by Crippen LogP contribution is -2.12. The Bertz CT molecular complexity index is 948. The first-order valence-corrected chi connectivity index (χ1v) is 8.05. The van der Waals surface area contributed by atoms with Crippen LogP contribution in [0.25, 0.3) is 0 Å². The van der Waals surface area contributed by atoms with Gasteiger partial charge in [0, 0.05) is 18.5 Å². The maximum absolute atomic E-state index is 12.2. The van der Waals surface area contributed by atoms with Crippen molar-refractivity contribution in [1.29, 1.82) is 0 Å². The van der Waals surface area contributed by atoms with E-state index in [4.69, 9.17) is 19.3 Å². The Balaban J connectivity index is 1.72. The van der Waals surface area contributed by atoms with Gasteiger partial charge in [0.15, 0.2) is 11.5 Å². The Hall–Kier alpha value is -3.74. The van der Waals surface area contributed by atoms with Gasteiger partial charge in [-0.2, -0.15) is 0 Å². The van der Waals surface area contributed by atoms with Crippen LogP contribution >= 0.6 is 0 Å². The van der Waals surface area contributed by atoms with E-state index in [2.05, 4.69) is 4.98 Å². The van der Waals surface area contributed by atoms with Crippen molar-refractivity contribution in [1.82, 2.24) is 4.98 Å². The lowest BCUT2D eigenvalue weighted by atomic mass is 10.2. The van der Waals surface area contributed by atoms with E-state index in [-0.39, 0.29) is 16.9 Å². The van der Waals surface area contributed by atoms with Crippen molar-refractivity contribution < 1.29 is 28.9 Å². The molecule has 0 aliphatic carbocycles. The van der Waals surface area contributed by atoms with Crippen LogP contribution in [0.15, 0.2) is 60.9 Å². The molecule has 3 rings (SSSR count).